The number of hydrogen-bond acceptors (Lipinski definition) is 6. The van der Waals surface area contributed by atoms with Crippen molar-refractivity contribution in [3.05, 3.63) is 95.6 Å². The minimum atomic E-state index is -0.603. The van der Waals surface area contributed by atoms with Crippen molar-refractivity contribution in [1.82, 2.24) is 20.1 Å². The Morgan fingerprint density at radius 3 is 2.53 bits per heavy atom. The second-order valence-corrected chi connectivity index (χ2v) is 8.74. The summed E-state index contributed by atoms with van der Waals surface area (Å²) in [5.74, 6) is -0.128. The molecule has 1 aromatic heterocycles. The monoisotopic (exact) mass is 505 g/mol. The Hall–Kier alpha value is -4.18. The number of benzene rings is 3. The molecule has 0 aliphatic carbocycles. The zero-order valence-electron chi connectivity index (χ0n) is 19.7. The van der Waals surface area contributed by atoms with E-state index in [0.29, 0.717) is 22.4 Å². The van der Waals surface area contributed by atoms with Gasteiger partial charge < -0.3 is 15.4 Å². The van der Waals surface area contributed by atoms with Gasteiger partial charge >= 0.3 is 0 Å². The summed E-state index contributed by atoms with van der Waals surface area (Å²) in [6.07, 6.45) is 0. The average molecular weight is 506 g/mol. The molecule has 0 aliphatic heterocycles. The van der Waals surface area contributed by atoms with E-state index in [1.165, 1.54) is 30.0 Å². The van der Waals surface area contributed by atoms with Crippen LogP contribution in [0.15, 0.2) is 78.0 Å². The smallest absolute Gasteiger partial charge is 0.254 e. The third-order valence-electron chi connectivity index (χ3n) is 5.19. The average Bonchev–Trinajstić information content (AvgIpc) is 3.29. The van der Waals surface area contributed by atoms with E-state index in [1.807, 2.05) is 31.2 Å². The summed E-state index contributed by atoms with van der Waals surface area (Å²) < 4.78 is 20.9. The van der Waals surface area contributed by atoms with Crippen LogP contribution in [0.3, 0.4) is 0 Å². The largest absolute Gasteiger partial charge is 0.497 e. The number of ether oxygens (including phenoxy) is 1. The minimum Gasteiger partial charge on any atom is -0.497 e. The third-order valence-corrected chi connectivity index (χ3v) is 6.12. The first-order valence-electron chi connectivity index (χ1n) is 11.1. The van der Waals surface area contributed by atoms with Crippen molar-refractivity contribution in [3.63, 3.8) is 0 Å². The molecule has 0 atom stereocenters. The van der Waals surface area contributed by atoms with Gasteiger partial charge in [-0.3, -0.25) is 14.2 Å². The number of anilines is 1. The van der Waals surface area contributed by atoms with Gasteiger partial charge in [-0.2, -0.15) is 0 Å². The number of aryl methyl sites for hydroxylation is 1. The predicted molar refractivity (Wildman–Crippen MR) is 136 cm³/mol. The Bertz CT molecular complexity index is 1370. The first-order chi connectivity index (χ1) is 17.4. The predicted octanol–water partition coefficient (Wildman–Crippen LogP) is 4.38. The molecule has 0 bridgehead atoms. The molecular formula is C26H24FN5O3S. The molecule has 3 aromatic carbocycles. The van der Waals surface area contributed by atoms with Crippen molar-refractivity contribution in [2.24, 2.45) is 0 Å². The maximum Gasteiger partial charge on any atom is 0.254 e. The Morgan fingerprint density at radius 2 is 1.81 bits per heavy atom. The van der Waals surface area contributed by atoms with E-state index >= 15 is 0 Å². The quantitative estimate of drug-likeness (QED) is 0.328. The van der Waals surface area contributed by atoms with Crippen molar-refractivity contribution in [1.29, 1.82) is 0 Å². The van der Waals surface area contributed by atoms with Gasteiger partial charge in [0.1, 0.15) is 11.6 Å². The van der Waals surface area contributed by atoms with Gasteiger partial charge in [0, 0.05) is 11.4 Å². The fourth-order valence-corrected chi connectivity index (χ4v) is 4.21. The molecule has 2 amide bonds. The van der Waals surface area contributed by atoms with Crippen molar-refractivity contribution in [2.75, 3.05) is 18.2 Å². The Kier molecular flexibility index (Phi) is 7.96. The maximum atomic E-state index is 14.0. The van der Waals surface area contributed by atoms with E-state index in [1.54, 1.807) is 42.0 Å². The Labute approximate surface area is 211 Å². The zero-order chi connectivity index (χ0) is 25.5. The molecular weight excluding hydrogens is 481 g/mol. The standard InChI is InChI=1S/C26H24FN5O3S/c1-17-6-5-7-19(14-17)32-23(15-28-25(34)21-8-3-4-9-22(21)27)30-31-26(32)36-16-24(33)29-18-10-12-20(35-2)13-11-18/h3-14H,15-16H2,1-2H3,(H,28,34)(H,29,33). The first-order valence-corrected chi connectivity index (χ1v) is 12.0. The SMILES string of the molecule is COc1ccc(NC(=O)CSc2nnc(CNC(=O)c3ccccc3F)n2-c2cccc(C)c2)cc1. The molecule has 2 N–H and O–H groups in total. The lowest BCUT2D eigenvalue weighted by atomic mass is 10.2. The van der Waals surface area contributed by atoms with E-state index in [4.69, 9.17) is 4.74 Å². The van der Waals surface area contributed by atoms with Gasteiger partial charge in [-0.25, -0.2) is 4.39 Å². The lowest BCUT2D eigenvalue weighted by Gasteiger charge is -2.12. The molecule has 4 rings (SSSR count). The van der Waals surface area contributed by atoms with Crippen LogP contribution in [0, 0.1) is 12.7 Å². The number of methoxy groups -OCH3 is 1. The van der Waals surface area contributed by atoms with Crippen molar-refractivity contribution in [3.8, 4) is 11.4 Å². The maximum absolute atomic E-state index is 14.0. The normalized spacial score (nSPS) is 10.6. The second kappa shape index (κ2) is 11.5. The fourth-order valence-electron chi connectivity index (χ4n) is 3.44. The van der Waals surface area contributed by atoms with Gasteiger partial charge in [0.15, 0.2) is 11.0 Å². The minimum absolute atomic E-state index is 0.0205. The van der Waals surface area contributed by atoms with Crippen LogP contribution in [0.25, 0.3) is 5.69 Å². The number of halogens is 1. The third kappa shape index (κ3) is 6.08. The number of nitrogens with one attached hydrogen (secondary N) is 2. The number of aromatic nitrogens is 3. The molecule has 184 valence electrons. The number of amides is 2. The summed E-state index contributed by atoms with van der Waals surface area (Å²) in [7, 11) is 1.58. The molecule has 0 saturated carbocycles. The van der Waals surface area contributed by atoms with E-state index in [2.05, 4.69) is 20.8 Å². The molecule has 4 aromatic rings. The van der Waals surface area contributed by atoms with E-state index in [-0.39, 0.29) is 23.8 Å². The molecule has 0 fully saturated rings. The number of hydrogen-bond donors (Lipinski definition) is 2. The van der Waals surface area contributed by atoms with Crippen LogP contribution in [-0.4, -0.2) is 39.4 Å². The van der Waals surface area contributed by atoms with Gasteiger partial charge in [-0.1, -0.05) is 36.0 Å². The fraction of sp³-hybridized carbons (Fsp3) is 0.154. The van der Waals surface area contributed by atoms with Gasteiger partial charge in [0.2, 0.25) is 5.91 Å². The highest BCUT2D eigenvalue weighted by Crippen LogP contribution is 2.23. The van der Waals surface area contributed by atoms with Gasteiger partial charge in [-0.05, 0) is 61.0 Å². The van der Waals surface area contributed by atoms with Gasteiger partial charge in [0.25, 0.3) is 5.91 Å². The van der Waals surface area contributed by atoms with Crippen LogP contribution in [0.1, 0.15) is 21.7 Å². The highest BCUT2D eigenvalue weighted by molar-refractivity contribution is 7.99. The number of nitrogens with zero attached hydrogens (tertiary/aromatic N) is 3. The number of thioether (sulfide) groups is 1. The first kappa shape index (κ1) is 24.9. The molecule has 36 heavy (non-hydrogen) atoms. The van der Waals surface area contributed by atoms with Crippen LogP contribution >= 0.6 is 11.8 Å². The summed E-state index contributed by atoms with van der Waals surface area (Å²) in [6, 6.07) is 20.5. The topological polar surface area (TPSA) is 98.1 Å². The molecule has 0 radical (unpaired) electrons. The molecule has 0 aliphatic rings. The van der Waals surface area contributed by atoms with Crippen molar-refractivity contribution >= 4 is 29.3 Å². The second-order valence-electron chi connectivity index (χ2n) is 7.80. The summed E-state index contributed by atoms with van der Waals surface area (Å²) in [5, 5.41) is 14.5. The number of rotatable bonds is 9. The molecule has 0 unspecified atom stereocenters. The number of carbonyl (C=O) groups is 2. The molecule has 0 saturated heterocycles. The van der Waals surface area contributed by atoms with Crippen molar-refractivity contribution in [2.45, 2.75) is 18.6 Å². The number of carbonyl (C=O) groups excluding carboxylic acids is 2. The summed E-state index contributed by atoms with van der Waals surface area (Å²) in [5.41, 5.74) is 2.41. The van der Waals surface area contributed by atoms with Crippen molar-refractivity contribution < 1.29 is 18.7 Å². The lowest BCUT2D eigenvalue weighted by Crippen LogP contribution is -2.25. The Balaban J connectivity index is 1.49. The summed E-state index contributed by atoms with van der Waals surface area (Å²) in [6.45, 7) is 1.98. The van der Waals surface area contributed by atoms with E-state index in [9.17, 15) is 14.0 Å². The summed E-state index contributed by atoms with van der Waals surface area (Å²) >= 11 is 1.22. The van der Waals surface area contributed by atoms with Crippen LogP contribution in [0.2, 0.25) is 0 Å². The molecule has 1 heterocycles. The van der Waals surface area contributed by atoms with Gasteiger partial charge in [-0.15, -0.1) is 10.2 Å². The molecule has 0 spiro atoms. The van der Waals surface area contributed by atoms with Gasteiger partial charge in [0.05, 0.1) is 25.0 Å². The molecule has 8 nitrogen and oxygen atoms in total. The zero-order valence-corrected chi connectivity index (χ0v) is 20.5. The van der Waals surface area contributed by atoms with E-state index < -0.39 is 11.7 Å². The summed E-state index contributed by atoms with van der Waals surface area (Å²) in [4.78, 5) is 25.0. The van der Waals surface area contributed by atoms with Crippen LogP contribution < -0.4 is 15.4 Å². The Morgan fingerprint density at radius 1 is 1.03 bits per heavy atom. The highest BCUT2D eigenvalue weighted by atomic mass is 32.2. The van der Waals surface area contributed by atoms with E-state index in [0.717, 1.165) is 11.3 Å². The molecule has 10 heteroatoms. The highest BCUT2D eigenvalue weighted by Gasteiger charge is 2.18. The van der Waals surface area contributed by atoms with Crippen LogP contribution in [-0.2, 0) is 11.3 Å². The lowest BCUT2D eigenvalue weighted by molar-refractivity contribution is -0.113. The van der Waals surface area contributed by atoms with Crippen LogP contribution in [0.4, 0.5) is 10.1 Å². The van der Waals surface area contributed by atoms with Crippen LogP contribution in [0.5, 0.6) is 5.75 Å².